The fourth-order valence-corrected chi connectivity index (χ4v) is 2.04. The first-order chi connectivity index (χ1) is 7.33. The molecule has 0 atom stereocenters. The Kier molecular flexibility index (Phi) is 5.16. The van der Waals surface area contributed by atoms with Gasteiger partial charge in [0.2, 0.25) is 5.88 Å². The molecule has 84 valence electrons. The average molecular weight is 207 g/mol. The fourth-order valence-electron chi connectivity index (χ4n) is 2.04. The van der Waals surface area contributed by atoms with Crippen molar-refractivity contribution in [1.29, 1.82) is 0 Å². The number of rotatable bonds is 6. The van der Waals surface area contributed by atoms with E-state index in [9.17, 15) is 0 Å². The molecular weight excluding hydrogens is 186 g/mol. The third kappa shape index (κ3) is 3.22. The first-order valence-corrected chi connectivity index (χ1v) is 5.82. The van der Waals surface area contributed by atoms with E-state index in [-0.39, 0.29) is 0 Å². The Bertz CT molecular complexity index is 280. The van der Waals surface area contributed by atoms with Crippen LogP contribution in [0.4, 0.5) is 0 Å². The van der Waals surface area contributed by atoms with Gasteiger partial charge in [0.1, 0.15) is 0 Å². The Labute approximate surface area is 92.7 Å². The maximum Gasteiger partial charge on any atom is 0.216 e. The van der Waals surface area contributed by atoms with E-state index in [1.54, 1.807) is 13.3 Å². The molecule has 0 bridgehead atoms. The van der Waals surface area contributed by atoms with Crippen molar-refractivity contribution in [3.05, 3.63) is 23.9 Å². The second-order valence-corrected chi connectivity index (χ2v) is 3.88. The molecule has 0 spiro atoms. The van der Waals surface area contributed by atoms with Gasteiger partial charge in [0, 0.05) is 11.8 Å². The van der Waals surface area contributed by atoms with E-state index in [2.05, 4.69) is 24.9 Å². The topological polar surface area (TPSA) is 22.1 Å². The van der Waals surface area contributed by atoms with Gasteiger partial charge in [-0.3, -0.25) is 0 Å². The van der Waals surface area contributed by atoms with Gasteiger partial charge in [-0.25, -0.2) is 4.98 Å². The van der Waals surface area contributed by atoms with Crippen LogP contribution in [-0.2, 0) is 0 Å². The maximum absolute atomic E-state index is 5.31. The Morgan fingerprint density at radius 1 is 1.27 bits per heavy atom. The quantitative estimate of drug-likeness (QED) is 0.708. The summed E-state index contributed by atoms with van der Waals surface area (Å²) in [5.74, 6) is 1.40. The average Bonchev–Trinajstić information content (AvgIpc) is 2.29. The molecule has 2 nitrogen and oxygen atoms in total. The summed E-state index contributed by atoms with van der Waals surface area (Å²) in [6.07, 6.45) is 6.65. The molecule has 0 radical (unpaired) electrons. The molecule has 1 rings (SSSR count). The van der Waals surface area contributed by atoms with Crippen LogP contribution in [0.1, 0.15) is 51.0 Å². The van der Waals surface area contributed by atoms with Gasteiger partial charge < -0.3 is 4.74 Å². The van der Waals surface area contributed by atoms with E-state index < -0.39 is 0 Å². The highest BCUT2D eigenvalue weighted by atomic mass is 16.5. The molecule has 0 aromatic carbocycles. The van der Waals surface area contributed by atoms with Gasteiger partial charge in [-0.05, 0) is 24.8 Å². The second kappa shape index (κ2) is 6.44. The first kappa shape index (κ1) is 12.0. The molecule has 0 saturated carbocycles. The van der Waals surface area contributed by atoms with Crippen LogP contribution >= 0.6 is 0 Å². The fraction of sp³-hybridized carbons (Fsp3) is 0.615. The summed E-state index contributed by atoms with van der Waals surface area (Å²) in [7, 11) is 1.70. The molecule has 0 N–H and O–H groups in total. The molecule has 0 unspecified atom stereocenters. The van der Waals surface area contributed by atoms with Crippen LogP contribution in [0.15, 0.2) is 18.3 Å². The minimum absolute atomic E-state index is 0.601. The minimum atomic E-state index is 0.601. The molecule has 1 aromatic rings. The summed E-state index contributed by atoms with van der Waals surface area (Å²) in [5.41, 5.74) is 1.27. The molecule has 1 heterocycles. The molecule has 0 saturated heterocycles. The molecule has 2 heteroatoms. The monoisotopic (exact) mass is 207 g/mol. The number of pyridine rings is 1. The van der Waals surface area contributed by atoms with Crippen LogP contribution < -0.4 is 4.74 Å². The van der Waals surface area contributed by atoms with Crippen molar-refractivity contribution in [3.8, 4) is 5.88 Å². The summed E-state index contributed by atoms with van der Waals surface area (Å²) in [6.45, 7) is 4.46. The predicted molar refractivity (Wildman–Crippen MR) is 63.3 cm³/mol. The van der Waals surface area contributed by atoms with E-state index in [0.717, 1.165) is 5.88 Å². The van der Waals surface area contributed by atoms with Gasteiger partial charge in [0.25, 0.3) is 0 Å². The lowest BCUT2D eigenvalue weighted by atomic mass is 9.91. The van der Waals surface area contributed by atoms with Gasteiger partial charge in [-0.15, -0.1) is 0 Å². The standard InChI is InChI=1S/C13H21NO/c1-4-7-11(8-5-2)12-9-6-10-14-13(12)15-3/h6,9-11H,4-5,7-8H2,1-3H3. The van der Waals surface area contributed by atoms with Gasteiger partial charge in [0.05, 0.1) is 7.11 Å². The van der Waals surface area contributed by atoms with E-state index in [0.29, 0.717) is 5.92 Å². The van der Waals surface area contributed by atoms with Gasteiger partial charge in [0.15, 0.2) is 0 Å². The maximum atomic E-state index is 5.31. The van der Waals surface area contributed by atoms with Crippen molar-refractivity contribution in [1.82, 2.24) is 4.98 Å². The van der Waals surface area contributed by atoms with Gasteiger partial charge in [-0.2, -0.15) is 0 Å². The summed E-state index contributed by atoms with van der Waals surface area (Å²) in [4.78, 5) is 4.26. The van der Waals surface area contributed by atoms with Crippen LogP contribution in [0, 0.1) is 0 Å². The zero-order valence-corrected chi connectivity index (χ0v) is 9.99. The number of methoxy groups -OCH3 is 1. The molecule has 0 fully saturated rings. The zero-order chi connectivity index (χ0) is 11.1. The molecular formula is C13H21NO. The lowest BCUT2D eigenvalue weighted by Crippen LogP contribution is -2.02. The van der Waals surface area contributed by atoms with Crippen molar-refractivity contribution in [2.75, 3.05) is 7.11 Å². The number of nitrogens with zero attached hydrogens (tertiary/aromatic N) is 1. The largest absolute Gasteiger partial charge is 0.481 e. The van der Waals surface area contributed by atoms with Crippen molar-refractivity contribution in [2.45, 2.75) is 45.4 Å². The van der Waals surface area contributed by atoms with Crippen LogP contribution in [-0.4, -0.2) is 12.1 Å². The van der Waals surface area contributed by atoms with Gasteiger partial charge >= 0.3 is 0 Å². The Morgan fingerprint density at radius 3 is 2.47 bits per heavy atom. The summed E-state index contributed by atoms with van der Waals surface area (Å²) in [6, 6.07) is 4.14. The molecule has 0 aliphatic heterocycles. The van der Waals surface area contributed by atoms with E-state index in [1.807, 2.05) is 6.07 Å². The first-order valence-electron chi connectivity index (χ1n) is 5.82. The lowest BCUT2D eigenvalue weighted by molar-refractivity contribution is 0.384. The normalized spacial score (nSPS) is 10.7. The molecule has 1 aromatic heterocycles. The number of hydrogen-bond acceptors (Lipinski definition) is 2. The molecule has 0 amide bonds. The van der Waals surface area contributed by atoms with Crippen molar-refractivity contribution >= 4 is 0 Å². The van der Waals surface area contributed by atoms with E-state index in [1.165, 1.54) is 31.2 Å². The lowest BCUT2D eigenvalue weighted by Gasteiger charge is -2.17. The SMILES string of the molecule is CCCC(CCC)c1cccnc1OC. The molecule has 0 aliphatic rings. The van der Waals surface area contributed by atoms with Crippen LogP contribution in [0.5, 0.6) is 5.88 Å². The summed E-state index contributed by atoms with van der Waals surface area (Å²) in [5, 5.41) is 0. The van der Waals surface area contributed by atoms with Crippen molar-refractivity contribution in [2.24, 2.45) is 0 Å². The van der Waals surface area contributed by atoms with Crippen LogP contribution in [0.2, 0.25) is 0 Å². The molecule has 0 aliphatic carbocycles. The highest BCUT2D eigenvalue weighted by Gasteiger charge is 2.14. The van der Waals surface area contributed by atoms with Crippen molar-refractivity contribution < 1.29 is 4.74 Å². The van der Waals surface area contributed by atoms with Gasteiger partial charge in [-0.1, -0.05) is 32.8 Å². The Balaban J connectivity index is 2.88. The highest BCUT2D eigenvalue weighted by Crippen LogP contribution is 2.31. The summed E-state index contributed by atoms with van der Waals surface area (Å²) >= 11 is 0. The van der Waals surface area contributed by atoms with Crippen LogP contribution in [0.3, 0.4) is 0 Å². The third-order valence-electron chi connectivity index (χ3n) is 2.71. The van der Waals surface area contributed by atoms with E-state index in [4.69, 9.17) is 4.74 Å². The smallest absolute Gasteiger partial charge is 0.216 e. The Morgan fingerprint density at radius 2 is 1.93 bits per heavy atom. The highest BCUT2D eigenvalue weighted by molar-refractivity contribution is 5.29. The van der Waals surface area contributed by atoms with Crippen LogP contribution in [0.25, 0.3) is 0 Å². The van der Waals surface area contributed by atoms with E-state index >= 15 is 0 Å². The summed E-state index contributed by atoms with van der Waals surface area (Å²) < 4.78 is 5.31. The predicted octanol–water partition coefficient (Wildman–Crippen LogP) is 3.77. The third-order valence-corrected chi connectivity index (χ3v) is 2.71. The minimum Gasteiger partial charge on any atom is -0.481 e. The number of aromatic nitrogens is 1. The number of ether oxygens (including phenoxy) is 1. The Hall–Kier alpha value is -1.05. The zero-order valence-electron chi connectivity index (χ0n) is 9.99. The second-order valence-electron chi connectivity index (χ2n) is 3.88. The number of hydrogen-bond donors (Lipinski definition) is 0. The molecule has 15 heavy (non-hydrogen) atoms. The van der Waals surface area contributed by atoms with Crippen molar-refractivity contribution in [3.63, 3.8) is 0 Å².